The van der Waals surface area contributed by atoms with Gasteiger partial charge in [-0.3, -0.25) is 34.2 Å². The van der Waals surface area contributed by atoms with Crippen LogP contribution < -0.4 is 10.9 Å². The molecule has 0 saturated heterocycles. The Bertz CT molecular complexity index is 1040. The minimum absolute atomic E-state index is 0.147. The lowest BCUT2D eigenvalue weighted by molar-refractivity contribution is -0.385. The van der Waals surface area contributed by atoms with E-state index in [9.17, 15) is 29.3 Å². The minimum Gasteiger partial charge on any atom is -0.356 e. The van der Waals surface area contributed by atoms with Gasteiger partial charge in [0.2, 0.25) is 5.91 Å². The van der Waals surface area contributed by atoms with Crippen LogP contribution in [0.3, 0.4) is 0 Å². The summed E-state index contributed by atoms with van der Waals surface area (Å²) in [5.41, 5.74) is 0.313. The van der Waals surface area contributed by atoms with Gasteiger partial charge in [-0.2, -0.15) is 0 Å². The SMILES string of the molecule is O=C(CCCN1C(=O)c2ccccc2C1=O)NCCCCn1cc([N+](=O)[O-])ccc1=O. The number of nitro groups is 1. The third-order valence-corrected chi connectivity index (χ3v) is 4.99. The van der Waals surface area contributed by atoms with Crippen LogP contribution in [0.4, 0.5) is 5.69 Å². The van der Waals surface area contributed by atoms with Crippen LogP contribution in [0.1, 0.15) is 46.4 Å². The third kappa shape index (κ3) is 5.21. The number of unbranched alkanes of at least 4 members (excludes halogenated alkanes) is 1. The molecule has 0 fully saturated rings. The van der Waals surface area contributed by atoms with E-state index >= 15 is 0 Å². The Balaban J connectivity index is 1.34. The van der Waals surface area contributed by atoms with Crippen molar-refractivity contribution in [3.05, 3.63) is 74.2 Å². The zero-order valence-electron chi connectivity index (χ0n) is 16.8. The molecule has 10 heteroatoms. The van der Waals surface area contributed by atoms with E-state index in [1.807, 2.05) is 0 Å². The molecule has 0 atom stereocenters. The molecule has 1 aromatic carbocycles. The van der Waals surface area contributed by atoms with Crippen LogP contribution in [0, 0.1) is 10.1 Å². The highest BCUT2D eigenvalue weighted by atomic mass is 16.6. The highest BCUT2D eigenvalue weighted by Gasteiger charge is 2.34. The van der Waals surface area contributed by atoms with Crippen LogP contribution in [-0.2, 0) is 11.3 Å². The molecule has 1 N–H and O–H groups in total. The Hall–Kier alpha value is -3.82. The summed E-state index contributed by atoms with van der Waals surface area (Å²) in [5.74, 6) is -0.862. The minimum atomic E-state index is -0.557. The van der Waals surface area contributed by atoms with Crippen molar-refractivity contribution in [3.63, 3.8) is 0 Å². The van der Waals surface area contributed by atoms with Crippen molar-refractivity contribution in [2.45, 2.75) is 32.2 Å². The molecule has 0 saturated carbocycles. The molecule has 1 aliphatic rings. The lowest BCUT2D eigenvalue weighted by Crippen LogP contribution is -2.32. The molecular weight excluding hydrogens is 404 g/mol. The number of hydrogen-bond donors (Lipinski definition) is 1. The number of carbonyl (C=O) groups excluding carboxylic acids is 3. The van der Waals surface area contributed by atoms with Crippen LogP contribution in [-0.4, -0.2) is 45.2 Å². The van der Waals surface area contributed by atoms with Crippen molar-refractivity contribution in [1.82, 2.24) is 14.8 Å². The maximum absolute atomic E-state index is 12.3. The number of nitrogens with zero attached hydrogens (tertiary/aromatic N) is 3. The largest absolute Gasteiger partial charge is 0.356 e. The standard InChI is InChI=1S/C21H22N4O6/c26-18(8-5-13-24-20(28)16-6-1-2-7-17(16)21(24)29)22-11-3-4-12-23-14-15(25(30)31)9-10-19(23)27/h1-2,6-7,9-10,14H,3-5,8,11-13H2,(H,22,26). The highest BCUT2D eigenvalue weighted by molar-refractivity contribution is 6.21. The lowest BCUT2D eigenvalue weighted by Gasteiger charge is -2.13. The highest BCUT2D eigenvalue weighted by Crippen LogP contribution is 2.22. The van der Waals surface area contributed by atoms with Crippen LogP contribution in [0.15, 0.2) is 47.4 Å². The molecule has 0 radical (unpaired) electrons. The van der Waals surface area contributed by atoms with Crippen molar-refractivity contribution in [3.8, 4) is 0 Å². The van der Waals surface area contributed by atoms with E-state index in [2.05, 4.69) is 5.32 Å². The monoisotopic (exact) mass is 426 g/mol. The van der Waals surface area contributed by atoms with Crippen molar-refractivity contribution < 1.29 is 19.3 Å². The van der Waals surface area contributed by atoms with Crippen molar-refractivity contribution in [2.75, 3.05) is 13.1 Å². The van der Waals surface area contributed by atoms with Crippen LogP contribution in [0.5, 0.6) is 0 Å². The Kier molecular flexibility index (Phi) is 6.91. The van der Waals surface area contributed by atoms with Gasteiger partial charge in [-0.05, 0) is 31.4 Å². The van der Waals surface area contributed by atoms with Gasteiger partial charge in [0.25, 0.3) is 23.1 Å². The van der Waals surface area contributed by atoms with Crippen LogP contribution in [0.2, 0.25) is 0 Å². The second kappa shape index (κ2) is 9.79. The van der Waals surface area contributed by atoms with E-state index in [-0.39, 0.29) is 41.9 Å². The zero-order valence-corrected chi connectivity index (χ0v) is 16.8. The summed E-state index contributed by atoms with van der Waals surface area (Å²) in [5, 5.41) is 13.5. The number of benzene rings is 1. The van der Waals surface area contributed by atoms with Gasteiger partial charge < -0.3 is 9.88 Å². The second-order valence-corrected chi connectivity index (χ2v) is 7.14. The van der Waals surface area contributed by atoms with Gasteiger partial charge >= 0.3 is 0 Å². The molecule has 3 amide bonds. The second-order valence-electron chi connectivity index (χ2n) is 7.14. The number of aromatic nitrogens is 1. The molecule has 31 heavy (non-hydrogen) atoms. The van der Waals surface area contributed by atoms with E-state index in [0.29, 0.717) is 43.5 Å². The first-order valence-corrected chi connectivity index (χ1v) is 9.95. The fraction of sp³-hybridized carbons (Fsp3) is 0.333. The van der Waals surface area contributed by atoms with Gasteiger partial charge in [-0.15, -0.1) is 0 Å². The van der Waals surface area contributed by atoms with Gasteiger partial charge in [0.15, 0.2) is 0 Å². The zero-order chi connectivity index (χ0) is 22.4. The Morgan fingerprint density at radius 1 is 0.935 bits per heavy atom. The molecule has 0 aliphatic carbocycles. The van der Waals surface area contributed by atoms with Gasteiger partial charge in [0, 0.05) is 38.2 Å². The summed E-state index contributed by atoms with van der Waals surface area (Å²) in [4.78, 5) is 59.6. The van der Waals surface area contributed by atoms with Crippen molar-refractivity contribution in [2.24, 2.45) is 0 Å². The summed E-state index contributed by atoms with van der Waals surface area (Å²) < 4.78 is 1.28. The topological polar surface area (TPSA) is 132 Å². The number of fused-ring (bicyclic) bond motifs is 1. The van der Waals surface area contributed by atoms with Gasteiger partial charge in [-0.1, -0.05) is 12.1 Å². The number of aryl methyl sites for hydroxylation is 1. The van der Waals surface area contributed by atoms with Gasteiger partial charge in [-0.25, -0.2) is 0 Å². The molecule has 2 heterocycles. The van der Waals surface area contributed by atoms with E-state index in [1.165, 1.54) is 16.8 Å². The van der Waals surface area contributed by atoms with Crippen LogP contribution in [0.25, 0.3) is 0 Å². The van der Waals surface area contributed by atoms with E-state index < -0.39 is 4.92 Å². The normalized spacial score (nSPS) is 12.7. The average molecular weight is 426 g/mol. The molecule has 1 aromatic heterocycles. The summed E-state index contributed by atoms with van der Waals surface area (Å²) in [6.45, 7) is 0.890. The van der Waals surface area contributed by atoms with Crippen molar-refractivity contribution in [1.29, 1.82) is 0 Å². The maximum Gasteiger partial charge on any atom is 0.285 e. The predicted octanol–water partition coefficient (Wildman–Crippen LogP) is 1.73. The molecule has 1 aliphatic heterocycles. The molecule has 0 bridgehead atoms. The fourth-order valence-electron chi connectivity index (χ4n) is 3.36. The fourth-order valence-corrected chi connectivity index (χ4v) is 3.36. The lowest BCUT2D eigenvalue weighted by atomic mass is 10.1. The first-order chi connectivity index (χ1) is 14.9. The summed E-state index contributed by atoms with van der Waals surface area (Å²) >= 11 is 0. The van der Waals surface area contributed by atoms with E-state index in [4.69, 9.17) is 0 Å². The Labute approximate surface area is 177 Å². The number of pyridine rings is 1. The van der Waals surface area contributed by atoms with E-state index in [1.54, 1.807) is 24.3 Å². The quantitative estimate of drug-likeness (QED) is 0.266. The smallest absolute Gasteiger partial charge is 0.285 e. The molecule has 3 rings (SSSR count). The molecule has 10 nitrogen and oxygen atoms in total. The Morgan fingerprint density at radius 2 is 1.61 bits per heavy atom. The third-order valence-electron chi connectivity index (χ3n) is 4.99. The average Bonchev–Trinajstić information content (AvgIpc) is 2.99. The molecular formula is C21H22N4O6. The van der Waals surface area contributed by atoms with Crippen molar-refractivity contribution >= 4 is 23.4 Å². The number of nitrogens with one attached hydrogen (secondary N) is 1. The number of imide groups is 1. The number of hydrogen-bond acceptors (Lipinski definition) is 6. The number of carbonyl (C=O) groups is 3. The summed E-state index contributed by atoms with van der Waals surface area (Å²) in [6, 6.07) is 8.97. The Morgan fingerprint density at radius 3 is 2.26 bits per heavy atom. The number of amides is 3. The van der Waals surface area contributed by atoms with Gasteiger partial charge in [0.1, 0.15) is 0 Å². The molecule has 2 aromatic rings. The molecule has 162 valence electrons. The van der Waals surface area contributed by atoms with E-state index in [0.717, 1.165) is 11.0 Å². The van der Waals surface area contributed by atoms with Gasteiger partial charge in [0.05, 0.1) is 22.2 Å². The summed E-state index contributed by atoms with van der Waals surface area (Å²) in [7, 11) is 0. The predicted molar refractivity (Wildman–Crippen MR) is 111 cm³/mol. The van der Waals surface area contributed by atoms with Crippen LogP contribution >= 0.6 is 0 Å². The molecule has 0 spiro atoms. The first-order valence-electron chi connectivity index (χ1n) is 9.95. The molecule has 0 unspecified atom stereocenters. The maximum atomic E-state index is 12.3. The number of rotatable bonds is 10. The first kappa shape index (κ1) is 21.9. The summed E-state index contributed by atoms with van der Waals surface area (Å²) in [6.07, 6.45) is 2.91.